The highest BCUT2D eigenvalue weighted by atomic mass is 32.2. The lowest BCUT2D eigenvalue weighted by atomic mass is 9.92. The second-order valence-corrected chi connectivity index (χ2v) is 6.72. The van der Waals surface area contributed by atoms with Crippen molar-refractivity contribution in [3.63, 3.8) is 0 Å². The van der Waals surface area contributed by atoms with Crippen molar-refractivity contribution in [1.29, 1.82) is 0 Å². The van der Waals surface area contributed by atoms with Gasteiger partial charge in [0.1, 0.15) is 5.76 Å². The van der Waals surface area contributed by atoms with Crippen LogP contribution in [-0.4, -0.2) is 54.1 Å². The third-order valence-electron chi connectivity index (χ3n) is 3.58. The number of β-lactam (4-membered cyclic amide) rings is 1. The maximum absolute atomic E-state index is 11.6. The predicted molar refractivity (Wildman–Crippen MR) is 74.3 cm³/mol. The molecule has 1 aromatic heterocycles. The molecule has 2 aliphatic heterocycles. The number of carboxylic acids is 1. The first kappa shape index (κ1) is 14.8. The van der Waals surface area contributed by atoms with Crippen LogP contribution in [0.25, 0.3) is 0 Å². The van der Waals surface area contributed by atoms with E-state index in [1.807, 2.05) is 13.8 Å². The van der Waals surface area contributed by atoms with Crippen molar-refractivity contribution in [1.82, 2.24) is 25.1 Å². The van der Waals surface area contributed by atoms with Gasteiger partial charge in [-0.15, -0.1) is 5.10 Å². The van der Waals surface area contributed by atoms with Gasteiger partial charge in [-0.2, -0.15) is 0 Å². The molecule has 0 radical (unpaired) electrons. The molecule has 0 saturated carbocycles. The normalized spacial score (nSPS) is 20.8. The summed E-state index contributed by atoms with van der Waals surface area (Å²) >= 11 is 1.40. The number of nitrogens with zero attached hydrogens (tertiary/aromatic N) is 5. The average Bonchev–Trinajstić information content (AvgIpc) is 2.97. The molecule has 0 bridgehead atoms. The van der Waals surface area contributed by atoms with Crippen LogP contribution in [0.5, 0.6) is 0 Å². The van der Waals surface area contributed by atoms with Crippen LogP contribution >= 0.6 is 11.8 Å². The topological polar surface area (TPSA) is 110 Å². The molecule has 3 rings (SSSR count). The molecule has 1 saturated heterocycles. The van der Waals surface area contributed by atoms with Crippen molar-refractivity contribution in [2.45, 2.75) is 31.7 Å². The number of rotatable bonds is 5. The lowest BCUT2D eigenvalue weighted by Crippen LogP contribution is -2.50. The van der Waals surface area contributed by atoms with E-state index >= 15 is 0 Å². The second kappa shape index (κ2) is 4.97. The largest absolute Gasteiger partial charge is 0.476 e. The van der Waals surface area contributed by atoms with Crippen LogP contribution in [0.2, 0.25) is 0 Å². The summed E-state index contributed by atoms with van der Waals surface area (Å²) in [5.41, 5.74) is -0.634. The van der Waals surface area contributed by atoms with Gasteiger partial charge >= 0.3 is 5.97 Å². The maximum Gasteiger partial charge on any atom is 0.356 e. The van der Waals surface area contributed by atoms with Gasteiger partial charge in [-0.25, -0.2) is 9.48 Å². The van der Waals surface area contributed by atoms with Crippen LogP contribution in [0.1, 0.15) is 20.3 Å². The first-order chi connectivity index (χ1) is 10.3. The minimum atomic E-state index is -1.15. The number of hydrogen-bond acceptors (Lipinski definition) is 7. The number of tetrazole rings is 1. The molecule has 1 fully saturated rings. The predicted octanol–water partition coefficient (Wildman–Crippen LogP) is 0.213. The Bertz CT molecular complexity index is 683. The number of carbonyl (C=O) groups is 2. The van der Waals surface area contributed by atoms with E-state index in [9.17, 15) is 14.7 Å². The number of aliphatic carboxylic acids is 1. The van der Waals surface area contributed by atoms with E-state index in [-0.39, 0.29) is 18.0 Å². The molecule has 1 amide bonds. The van der Waals surface area contributed by atoms with Gasteiger partial charge in [0.05, 0.1) is 6.42 Å². The number of allylic oxidation sites excluding steroid dienone is 1. The number of aromatic nitrogens is 4. The van der Waals surface area contributed by atoms with E-state index in [1.54, 1.807) is 11.7 Å². The van der Waals surface area contributed by atoms with Gasteiger partial charge in [-0.1, -0.05) is 25.6 Å². The molecule has 118 valence electrons. The highest BCUT2D eigenvalue weighted by Crippen LogP contribution is 2.45. The first-order valence-corrected chi connectivity index (χ1v) is 7.62. The minimum absolute atomic E-state index is 0.0528. The Morgan fingerprint density at radius 1 is 1.55 bits per heavy atom. The number of amides is 1. The van der Waals surface area contributed by atoms with Gasteiger partial charge in [-0.3, -0.25) is 9.69 Å². The molecule has 0 aromatic carbocycles. The number of thioether (sulfide) groups is 1. The third kappa shape index (κ3) is 2.23. The Morgan fingerprint density at radius 2 is 2.27 bits per heavy atom. The summed E-state index contributed by atoms with van der Waals surface area (Å²) in [5.74, 6) is -0.525. The lowest BCUT2D eigenvalue weighted by molar-refractivity contribution is -0.158. The molecule has 3 heterocycles. The molecule has 0 aliphatic carbocycles. The Hall–Kier alpha value is -2.10. The second-order valence-electron chi connectivity index (χ2n) is 5.78. The monoisotopic (exact) mass is 325 g/mol. The fourth-order valence-electron chi connectivity index (χ4n) is 2.39. The number of ether oxygens (including phenoxy) is 1. The molecule has 0 spiro atoms. The zero-order chi connectivity index (χ0) is 16.1. The quantitative estimate of drug-likeness (QED) is 0.604. The highest BCUT2D eigenvalue weighted by molar-refractivity contribution is 7.99. The van der Waals surface area contributed by atoms with Crippen LogP contribution in [0.4, 0.5) is 0 Å². The van der Waals surface area contributed by atoms with Crippen molar-refractivity contribution < 1.29 is 19.4 Å². The Morgan fingerprint density at radius 3 is 2.82 bits per heavy atom. The average molecular weight is 325 g/mol. The fourth-order valence-corrected chi connectivity index (χ4v) is 3.32. The Balaban J connectivity index is 1.83. The molecule has 1 atom stereocenters. The molecule has 1 N–H and O–H groups in total. The minimum Gasteiger partial charge on any atom is -0.476 e. The van der Waals surface area contributed by atoms with Crippen LogP contribution in [-0.2, 0) is 21.4 Å². The number of carbonyl (C=O) groups excluding carboxylic acids is 1. The van der Waals surface area contributed by atoms with Gasteiger partial charge in [0, 0.05) is 18.2 Å². The Kier molecular flexibility index (Phi) is 3.35. The smallest absolute Gasteiger partial charge is 0.356 e. The van der Waals surface area contributed by atoms with Crippen LogP contribution in [0, 0.1) is 5.41 Å². The lowest BCUT2D eigenvalue weighted by Gasteiger charge is -2.33. The molecule has 9 nitrogen and oxygen atoms in total. The van der Waals surface area contributed by atoms with E-state index in [0.717, 1.165) is 0 Å². The number of hydrogen-bond donors (Lipinski definition) is 1. The molecule has 10 heteroatoms. The van der Waals surface area contributed by atoms with Gasteiger partial charge in [0.2, 0.25) is 11.1 Å². The van der Waals surface area contributed by atoms with Gasteiger partial charge in [-0.05, 0) is 10.4 Å². The SMILES string of the molecule is Cn1nnnc1SCC(C)(C)C1=C(C(=O)O)N2C(=O)CC2O1. The van der Waals surface area contributed by atoms with E-state index < -0.39 is 17.6 Å². The molecule has 22 heavy (non-hydrogen) atoms. The number of carboxylic acid groups (broad SMARTS) is 1. The summed E-state index contributed by atoms with van der Waals surface area (Å²) in [4.78, 5) is 24.3. The van der Waals surface area contributed by atoms with Crippen molar-refractivity contribution in [3.05, 3.63) is 11.5 Å². The van der Waals surface area contributed by atoms with Crippen molar-refractivity contribution >= 4 is 23.6 Å². The third-order valence-corrected chi connectivity index (χ3v) is 5.05. The summed E-state index contributed by atoms with van der Waals surface area (Å²) in [6.07, 6.45) is -0.258. The summed E-state index contributed by atoms with van der Waals surface area (Å²) in [6, 6.07) is 0. The van der Waals surface area contributed by atoms with E-state index in [4.69, 9.17) is 4.74 Å². The standard InChI is InChI=1S/C12H15N5O4S/c1-12(2,5-22-11-13-14-15-16(11)3)9-8(10(19)20)17-6(18)4-7(17)21-9/h7H,4-5H2,1-3H3,(H,19,20). The van der Waals surface area contributed by atoms with Crippen LogP contribution < -0.4 is 0 Å². The summed E-state index contributed by atoms with van der Waals surface area (Å²) < 4.78 is 7.24. The van der Waals surface area contributed by atoms with Crippen LogP contribution in [0.15, 0.2) is 16.6 Å². The summed E-state index contributed by atoms with van der Waals surface area (Å²) in [6.45, 7) is 3.75. The molecule has 2 aliphatic rings. The molecule has 1 aromatic rings. The maximum atomic E-state index is 11.6. The zero-order valence-electron chi connectivity index (χ0n) is 12.3. The molecular formula is C12H15N5O4S. The zero-order valence-corrected chi connectivity index (χ0v) is 13.1. The molecular weight excluding hydrogens is 310 g/mol. The van der Waals surface area contributed by atoms with E-state index in [1.165, 1.54) is 16.7 Å². The van der Waals surface area contributed by atoms with Gasteiger partial charge < -0.3 is 9.84 Å². The fraction of sp³-hybridized carbons (Fsp3) is 0.583. The first-order valence-electron chi connectivity index (χ1n) is 6.63. The van der Waals surface area contributed by atoms with Crippen molar-refractivity contribution in [3.8, 4) is 0 Å². The van der Waals surface area contributed by atoms with Crippen LogP contribution in [0.3, 0.4) is 0 Å². The van der Waals surface area contributed by atoms with Gasteiger partial charge in [0.25, 0.3) is 0 Å². The van der Waals surface area contributed by atoms with Crippen molar-refractivity contribution in [2.75, 3.05) is 5.75 Å². The number of aryl methyl sites for hydroxylation is 1. The van der Waals surface area contributed by atoms with E-state index in [0.29, 0.717) is 16.7 Å². The van der Waals surface area contributed by atoms with Gasteiger partial charge in [0.15, 0.2) is 11.9 Å². The number of fused-ring (bicyclic) bond motifs is 1. The molecule has 1 unspecified atom stereocenters. The highest BCUT2D eigenvalue weighted by Gasteiger charge is 2.52. The summed E-state index contributed by atoms with van der Waals surface area (Å²) in [5, 5.41) is 21.2. The Labute approximate surface area is 130 Å². The van der Waals surface area contributed by atoms with Crippen molar-refractivity contribution in [2.24, 2.45) is 12.5 Å². The summed E-state index contributed by atoms with van der Waals surface area (Å²) in [7, 11) is 1.73. The van der Waals surface area contributed by atoms with E-state index in [2.05, 4.69) is 15.5 Å².